The highest BCUT2D eigenvalue weighted by atomic mass is 19.1. The van der Waals surface area contributed by atoms with E-state index in [2.05, 4.69) is 10.2 Å². The van der Waals surface area contributed by atoms with E-state index < -0.39 is 6.09 Å². The lowest BCUT2D eigenvalue weighted by Crippen LogP contribution is -2.36. The first-order chi connectivity index (χ1) is 10.1. The number of halogens is 1. The first kappa shape index (κ1) is 13.5. The van der Waals surface area contributed by atoms with E-state index in [1.165, 1.54) is 17.0 Å². The zero-order valence-electron chi connectivity index (χ0n) is 11.2. The van der Waals surface area contributed by atoms with E-state index in [1.54, 1.807) is 12.1 Å². The lowest BCUT2D eigenvalue weighted by atomic mass is 9.97. The lowest BCUT2D eigenvalue weighted by Gasteiger charge is -2.27. The molecule has 1 fully saturated rings. The molecule has 1 N–H and O–H groups in total. The van der Waals surface area contributed by atoms with Crippen LogP contribution in [-0.4, -0.2) is 39.4 Å². The molecule has 0 aliphatic carbocycles. The Morgan fingerprint density at radius 2 is 1.90 bits per heavy atom. The summed E-state index contributed by atoms with van der Waals surface area (Å²) in [5.74, 6) is 0.617. The van der Waals surface area contributed by atoms with Crippen LogP contribution in [0.3, 0.4) is 0 Å². The standard InChI is InChI=1S/C14H14FN3O3/c15-11-3-1-9(2-4-11)12-16-17-13(21-12)10-5-7-18(8-6-10)14(19)20/h1-4,10H,5-8H2,(H,19,20). The van der Waals surface area contributed by atoms with Crippen LogP contribution in [0.15, 0.2) is 28.7 Å². The van der Waals surface area contributed by atoms with Gasteiger partial charge in [0.2, 0.25) is 11.8 Å². The monoisotopic (exact) mass is 291 g/mol. The highest BCUT2D eigenvalue weighted by Crippen LogP contribution is 2.29. The van der Waals surface area contributed by atoms with E-state index in [9.17, 15) is 9.18 Å². The molecule has 1 amide bonds. The predicted molar refractivity (Wildman–Crippen MR) is 71.3 cm³/mol. The molecule has 1 saturated heterocycles. The van der Waals surface area contributed by atoms with Gasteiger partial charge in [-0.1, -0.05) is 0 Å². The molecule has 0 radical (unpaired) electrons. The molecule has 6 nitrogen and oxygen atoms in total. The van der Waals surface area contributed by atoms with Crippen LogP contribution in [0.4, 0.5) is 9.18 Å². The average molecular weight is 291 g/mol. The molecule has 3 rings (SSSR count). The normalized spacial score (nSPS) is 16.1. The van der Waals surface area contributed by atoms with Gasteiger partial charge in [-0.05, 0) is 37.1 Å². The van der Waals surface area contributed by atoms with Crippen LogP contribution in [0.1, 0.15) is 24.7 Å². The summed E-state index contributed by atoms with van der Waals surface area (Å²) in [5.41, 5.74) is 0.665. The number of rotatable bonds is 2. The third-order valence-corrected chi connectivity index (χ3v) is 3.65. The zero-order chi connectivity index (χ0) is 14.8. The number of likely N-dealkylation sites (tertiary alicyclic amines) is 1. The van der Waals surface area contributed by atoms with Gasteiger partial charge in [0.1, 0.15) is 5.82 Å². The molecule has 1 aromatic carbocycles. The van der Waals surface area contributed by atoms with Crippen LogP contribution in [0.2, 0.25) is 0 Å². The molecule has 0 atom stereocenters. The molecule has 2 aromatic rings. The second-order valence-corrected chi connectivity index (χ2v) is 5.00. The fraction of sp³-hybridized carbons (Fsp3) is 0.357. The molecule has 7 heteroatoms. The van der Waals surface area contributed by atoms with Crippen molar-refractivity contribution in [2.24, 2.45) is 0 Å². The molecular weight excluding hydrogens is 277 g/mol. The summed E-state index contributed by atoms with van der Waals surface area (Å²) in [6.07, 6.45) is 0.431. The predicted octanol–water partition coefficient (Wildman–Crippen LogP) is 2.73. The minimum Gasteiger partial charge on any atom is -0.465 e. The fourth-order valence-electron chi connectivity index (χ4n) is 2.43. The Morgan fingerprint density at radius 3 is 2.52 bits per heavy atom. The molecule has 1 aliphatic heterocycles. The summed E-state index contributed by atoms with van der Waals surface area (Å²) < 4.78 is 18.5. The summed E-state index contributed by atoms with van der Waals surface area (Å²) in [4.78, 5) is 12.2. The van der Waals surface area contributed by atoms with Crippen molar-refractivity contribution in [1.82, 2.24) is 15.1 Å². The van der Waals surface area contributed by atoms with Gasteiger partial charge in [0.25, 0.3) is 0 Å². The summed E-state index contributed by atoms with van der Waals surface area (Å²) in [7, 11) is 0. The fourth-order valence-corrected chi connectivity index (χ4v) is 2.43. The van der Waals surface area contributed by atoms with E-state index >= 15 is 0 Å². The van der Waals surface area contributed by atoms with Gasteiger partial charge < -0.3 is 14.4 Å². The SMILES string of the molecule is O=C(O)N1CCC(c2nnc(-c3ccc(F)cc3)o2)CC1. The van der Waals surface area contributed by atoms with Crippen LogP contribution in [-0.2, 0) is 0 Å². The number of aromatic nitrogens is 2. The molecule has 1 aliphatic rings. The van der Waals surface area contributed by atoms with Crippen LogP contribution >= 0.6 is 0 Å². The zero-order valence-corrected chi connectivity index (χ0v) is 11.2. The molecule has 2 heterocycles. The van der Waals surface area contributed by atoms with E-state index in [0.29, 0.717) is 43.3 Å². The van der Waals surface area contributed by atoms with Crippen molar-refractivity contribution < 1.29 is 18.7 Å². The number of hydrogen-bond acceptors (Lipinski definition) is 4. The molecule has 0 spiro atoms. The van der Waals surface area contributed by atoms with Crippen molar-refractivity contribution in [3.8, 4) is 11.5 Å². The van der Waals surface area contributed by atoms with Crippen LogP contribution in [0.25, 0.3) is 11.5 Å². The molecule has 0 saturated carbocycles. The molecular formula is C14H14FN3O3. The van der Waals surface area contributed by atoms with E-state index in [1.807, 2.05) is 0 Å². The highest BCUT2D eigenvalue weighted by molar-refractivity contribution is 5.65. The maximum Gasteiger partial charge on any atom is 0.407 e. The van der Waals surface area contributed by atoms with Crippen molar-refractivity contribution in [1.29, 1.82) is 0 Å². The number of piperidine rings is 1. The Morgan fingerprint density at radius 1 is 1.24 bits per heavy atom. The van der Waals surface area contributed by atoms with Gasteiger partial charge in [-0.3, -0.25) is 0 Å². The van der Waals surface area contributed by atoms with Gasteiger partial charge in [0.15, 0.2) is 0 Å². The van der Waals surface area contributed by atoms with Crippen LogP contribution < -0.4 is 0 Å². The van der Waals surface area contributed by atoms with Crippen molar-refractivity contribution in [2.75, 3.05) is 13.1 Å². The van der Waals surface area contributed by atoms with Crippen molar-refractivity contribution in [2.45, 2.75) is 18.8 Å². The summed E-state index contributed by atoms with van der Waals surface area (Å²) in [5, 5.41) is 16.9. The third kappa shape index (κ3) is 2.86. The Balaban J connectivity index is 1.71. The topological polar surface area (TPSA) is 79.5 Å². The maximum absolute atomic E-state index is 12.9. The van der Waals surface area contributed by atoms with Crippen molar-refractivity contribution >= 4 is 6.09 Å². The molecule has 110 valence electrons. The van der Waals surface area contributed by atoms with Crippen molar-refractivity contribution in [3.63, 3.8) is 0 Å². The quantitative estimate of drug-likeness (QED) is 0.920. The van der Waals surface area contributed by atoms with E-state index in [-0.39, 0.29) is 11.7 Å². The molecule has 0 bridgehead atoms. The highest BCUT2D eigenvalue weighted by Gasteiger charge is 2.27. The Kier molecular flexibility index (Phi) is 3.55. The van der Waals surface area contributed by atoms with Gasteiger partial charge >= 0.3 is 6.09 Å². The van der Waals surface area contributed by atoms with Crippen LogP contribution in [0.5, 0.6) is 0 Å². The minimum atomic E-state index is -0.897. The Labute approximate surface area is 120 Å². The lowest BCUT2D eigenvalue weighted by molar-refractivity contribution is 0.129. The smallest absolute Gasteiger partial charge is 0.407 e. The first-order valence-corrected chi connectivity index (χ1v) is 6.70. The van der Waals surface area contributed by atoms with E-state index in [4.69, 9.17) is 9.52 Å². The summed E-state index contributed by atoms with van der Waals surface area (Å²) in [6, 6.07) is 5.84. The number of carbonyl (C=O) groups is 1. The number of nitrogens with zero attached hydrogens (tertiary/aromatic N) is 3. The maximum atomic E-state index is 12.9. The second kappa shape index (κ2) is 5.51. The Bertz CT molecular complexity index is 633. The Hall–Kier alpha value is -2.44. The van der Waals surface area contributed by atoms with Gasteiger partial charge in [0, 0.05) is 24.6 Å². The second-order valence-electron chi connectivity index (χ2n) is 5.00. The van der Waals surface area contributed by atoms with Crippen molar-refractivity contribution in [3.05, 3.63) is 36.0 Å². The molecule has 1 aromatic heterocycles. The minimum absolute atomic E-state index is 0.0716. The summed E-state index contributed by atoms with van der Waals surface area (Å²) in [6.45, 7) is 0.933. The first-order valence-electron chi connectivity index (χ1n) is 6.70. The number of hydrogen-bond donors (Lipinski definition) is 1. The van der Waals surface area contributed by atoms with E-state index in [0.717, 1.165) is 0 Å². The van der Waals surface area contributed by atoms with Gasteiger partial charge in [-0.2, -0.15) is 0 Å². The molecule has 21 heavy (non-hydrogen) atoms. The van der Waals surface area contributed by atoms with Gasteiger partial charge in [0.05, 0.1) is 0 Å². The number of carboxylic acid groups (broad SMARTS) is 1. The number of benzene rings is 1. The van der Waals surface area contributed by atoms with Gasteiger partial charge in [-0.15, -0.1) is 10.2 Å². The largest absolute Gasteiger partial charge is 0.465 e. The number of amides is 1. The van der Waals surface area contributed by atoms with Gasteiger partial charge in [-0.25, -0.2) is 9.18 Å². The van der Waals surface area contributed by atoms with Crippen LogP contribution in [0, 0.1) is 5.82 Å². The third-order valence-electron chi connectivity index (χ3n) is 3.65. The summed E-state index contributed by atoms with van der Waals surface area (Å²) >= 11 is 0. The molecule has 0 unspecified atom stereocenters. The average Bonchev–Trinajstić information content (AvgIpc) is 2.98.